The zero-order valence-electron chi connectivity index (χ0n) is 21.2. The lowest BCUT2D eigenvalue weighted by Crippen LogP contribution is -2.36. The summed E-state index contributed by atoms with van der Waals surface area (Å²) in [6, 6.07) is 15.5. The molecule has 2 aromatic heterocycles. The molecule has 0 unspecified atom stereocenters. The summed E-state index contributed by atoms with van der Waals surface area (Å²) in [5.41, 5.74) is 4.04. The standard InChI is InChI=1S/C29H31N5O2S/c1-3-8-21-9-7-16-34(18-21)27-20(2)26(36-23-10-5-4-6-11-23)13-12-24(27)32-28(35)25-19-37-29(33-25)22-14-15-30-31-17-22/h4-6,10-15,17,19,21H,3,7-9,16,18H2,1-2H3,(H,32,35)/t21-/m0/s1. The van der Waals surface area contributed by atoms with Gasteiger partial charge in [0, 0.05) is 29.6 Å². The molecule has 1 aliphatic heterocycles. The number of aromatic nitrogens is 3. The summed E-state index contributed by atoms with van der Waals surface area (Å²) in [5.74, 6) is 1.99. The molecule has 0 aliphatic carbocycles. The van der Waals surface area contributed by atoms with E-state index in [1.165, 1.54) is 30.6 Å². The number of piperidine rings is 1. The molecule has 0 radical (unpaired) electrons. The topological polar surface area (TPSA) is 80.2 Å². The van der Waals surface area contributed by atoms with Crippen LogP contribution in [-0.4, -0.2) is 34.2 Å². The Morgan fingerprint density at radius 3 is 2.81 bits per heavy atom. The van der Waals surface area contributed by atoms with Crippen LogP contribution in [0.3, 0.4) is 0 Å². The number of hydrogen-bond donors (Lipinski definition) is 1. The molecule has 1 aliphatic rings. The first-order valence-corrected chi connectivity index (χ1v) is 13.7. The fourth-order valence-corrected chi connectivity index (χ4v) is 5.73. The number of para-hydroxylation sites is 1. The fraction of sp³-hybridized carbons (Fsp3) is 0.310. The van der Waals surface area contributed by atoms with Gasteiger partial charge in [0.15, 0.2) is 0 Å². The van der Waals surface area contributed by atoms with Crippen molar-refractivity contribution in [3.8, 4) is 22.1 Å². The van der Waals surface area contributed by atoms with Crippen molar-refractivity contribution in [1.82, 2.24) is 15.2 Å². The quantitative estimate of drug-likeness (QED) is 0.274. The van der Waals surface area contributed by atoms with E-state index in [0.29, 0.717) is 11.6 Å². The summed E-state index contributed by atoms with van der Waals surface area (Å²) < 4.78 is 6.25. The molecule has 37 heavy (non-hydrogen) atoms. The number of ether oxygens (including phenoxy) is 1. The van der Waals surface area contributed by atoms with Crippen molar-refractivity contribution < 1.29 is 9.53 Å². The van der Waals surface area contributed by atoms with Crippen LogP contribution < -0.4 is 15.0 Å². The van der Waals surface area contributed by atoms with Crippen molar-refractivity contribution in [3.05, 3.63) is 77.6 Å². The molecule has 1 amide bonds. The highest BCUT2D eigenvalue weighted by Crippen LogP contribution is 2.40. The van der Waals surface area contributed by atoms with E-state index in [9.17, 15) is 4.79 Å². The highest BCUT2D eigenvalue weighted by Gasteiger charge is 2.25. The number of hydrogen-bond acceptors (Lipinski definition) is 7. The second-order valence-electron chi connectivity index (χ2n) is 9.37. The smallest absolute Gasteiger partial charge is 0.275 e. The highest BCUT2D eigenvalue weighted by atomic mass is 32.1. The normalized spacial score (nSPS) is 15.4. The Balaban J connectivity index is 1.45. The van der Waals surface area contributed by atoms with Gasteiger partial charge in [0.1, 0.15) is 22.2 Å². The van der Waals surface area contributed by atoms with Crippen LogP contribution in [0.1, 0.15) is 48.7 Å². The third-order valence-electron chi connectivity index (χ3n) is 6.70. The van der Waals surface area contributed by atoms with Gasteiger partial charge in [0.25, 0.3) is 5.91 Å². The summed E-state index contributed by atoms with van der Waals surface area (Å²) in [4.78, 5) is 20.3. The molecule has 1 N–H and O–H groups in total. The molecular weight excluding hydrogens is 482 g/mol. The second kappa shape index (κ2) is 11.5. The van der Waals surface area contributed by atoms with E-state index in [4.69, 9.17) is 4.74 Å². The number of thiazole rings is 1. The number of carbonyl (C=O) groups is 1. The van der Waals surface area contributed by atoms with Gasteiger partial charge in [-0.15, -0.1) is 11.3 Å². The minimum atomic E-state index is -0.232. The summed E-state index contributed by atoms with van der Waals surface area (Å²) in [7, 11) is 0. The Kier molecular flexibility index (Phi) is 7.75. The van der Waals surface area contributed by atoms with Crippen LogP contribution in [0.25, 0.3) is 10.6 Å². The zero-order valence-corrected chi connectivity index (χ0v) is 22.0. The number of rotatable bonds is 8. The lowest BCUT2D eigenvalue weighted by Gasteiger charge is -2.36. The summed E-state index contributed by atoms with van der Waals surface area (Å²) in [5, 5.41) is 13.4. The number of nitrogens with zero attached hydrogens (tertiary/aromatic N) is 4. The third-order valence-corrected chi connectivity index (χ3v) is 7.59. The van der Waals surface area contributed by atoms with Gasteiger partial charge in [-0.3, -0.25) is 4.79 Å². The largest absolute Gasteiger partial charge is 0.457 e. The van der Waals surface area contributed by atoms with Crippen LogP contribution in [0.2, 0.25) is 0 Å². The van der Waals surface area contributed by atoms with Crippen molar-refractivity contribution in [2.75, 3.05) is 23.3 Å². The predicted octanol–water partition coefficient (Wildman–Crippen LogP) is 6.97. The average molecular weight is 514 g/mol. The molecule has 1 fully saturated rings. The molecular formula is C29H31N5O2S. The number of nitrogens with one attached hydrogen (secondary N) is 1. The highest BCUT2D eigenvalue weighted by molar-refractivity contribution is 7.13. The van der Waals surface area contributed by atoms with Gasteiger partial charge in [0.05, 0.1) is 23.8 Å². The number of carbonyl (C=O) groups excluding carboxylic acids is 1. The molecule has 0 spiro atoms. The van der Waals surface area contributed by atoms with Crippen LogP contribution in [-0.2, 0) is 0 Å². The van der Waals surface area contributed by atoms with E-state index in [1.54, 1.807) is 17.8 Å². The van der Waals surface area contributed by atoms with Gasteiger partial charge in [-0.2, -0.15) is 10.2 Å². The summed E-state index contributed by atoms with van der Waals surface area (Å²) in [6.07, 6.45) is 8.04. The first kappa shape index (κ1) is 24.9. The minimum absolute atomic E-state index is 0.232. The molecule has 4 aromatic rings. The Morgan fingerprint density at radius 1 is 1.16 bits per heavy atom. The minimum Gasteiger partial charge on any atom is -0.457 e. The van der Waals surface area contributed by atoms with Crippen molar-refractivity contribution in [2.24, 2.45) is 5.92 Å². The van der Waals surface area contributed by atoms with Crippen molar-refractivity contribution in [2.45, 2.75) is 39.5 Å². The fourth-order valence-electron chi connectivity index (χ4n) is 4.94. The molecule has 8 heteroatoms. The molecule has 0 saturated carbocycles. The first-order valence-electron chi connectivity index (χ1n) is 12.8. The Morgan fingerprint density at radius 2 is 2.03 bits per heavy atom. The Bertz CT molecular complexity index is 1340. The molecule has 1 saturated heterocycles. The number of anilines is 2. The summed E-state index contributed by atoms with van der Waals surface area (Å²) >= 11 is 1.42. The van der Waals surface area contributed by atoms with E-state index in [2.05, 4.69) is 39.2 Å². The van der Waals surface area contributed by atoms with Gasteiger partial charge in [-0.25, -0.2) is 4.98 Å². The first-order chi connectivity index (χ1) is 18.1. The van der Waals surface area contributed by atoms with Gasteiger partial charge in [-0.05, 0) is 62.4 Å². The van der Waals surface area contributed by atoms with Crippen LogP contribution in [0.5, 0.6) is 11.5 Å². The maximum atomic E-state index is 13.3. The average Bonchev–Trinajstić information content (AvgIpc) is 3.43. The van der Waals surface area contributed by atoms with Crippen LogP contribution in [0.4, 0.5) is 11.4 Å². The van der Waals surface area contributed by atoms with Crippen LogP contribution in [0.15, 0.2) is 66.3 Å². The van der Waals surface area contributed by atoms with Gasteiger partial charge >= 0.3 is 0 Å². The maximum Gasteiger partial charge on any atom is 0.275 e. The van der Waals surface area contributed by atoms with Crippen LogP contribution in [0, 0.1) is 12.8 Å². The predicted molar refractivity (Wildman–Crippen MR) is 149 cm³/mol. The Labute approximate surface area is 221 Å². The monoisotopic (exact) mass is 513 g/mol. The lowest BCUT2D eigenvalue weighted by molar-refractivity contribution is 0.102. The van der Waals surface area contributed by atoms with E-state index >= 15 is 0 Å². The van der Waals surface area contributed by atoms with Gasteiger partial charge < -0.3 is 15.0 Å². The molecule has 190 valence electrons. The van der Waals surface area contributed by atoms with Crippen LogP contribution >= 0.6 is 11.3 Å². The maximum absolute atomic E-state index is 13.3. The van der Waals surface area contributed by atoms with Crippen molar-refractivity contribution in [3.63, 3.8) is 0 Å². The lowest BCUT2D eigenvalue weighted by atomic mass is 9.92. The molecule has 1 atom stereocenters. The SMILES string of the molecule is CCC[C@H]1CCCN(c2c(NC(=O)c3csc(-c4ccnnc4)n3)ccc(Oc3ccccc3)c2C)C1. The Hall–Kier alpha value is -3.78. The van der Waals surface area contributed by atoms with E-state index in [-0.39, 0.29) is 5.91 Å². The third kappa shape index (κ3) is 5.80. The zero-order chi connectivity index (χ0) is 25.6. The van der Waals surface area contributed by atoms with Crippen molar-refractivity contribution in [1.29, 1.82) is 0 Å². The van der Waals surface area contributed by atoms with Gasteiger partial charge in [-0.1, -0.05) is 31.5 Å². The van der Waals surface area contributed by atoms with Crippen molar-refractivity contribution >= 4 is 28.6 Å². The summed E-state index contributed by atoms with van der Waals surface area (Å²) in [6.45, 7) is 6.25. The van der Waals surface area contributed by atoms with Gasteiger partial charge in [0.2, 0.25) is 0 Å². The number of amides is 1. The molecule has 5 rings (SSSR count). The number of benzene rings is 2. The van der Waals surface area contributed by atoms with E-state index < -0.39 is 0 Å². The molecule has 7 nitrogen and oxygen atoms in total. The molecule has 3 heterocycles. The second-order valence-corrected chi connectivity index (χ2v) is 10.2. The van der Waals surface area contributed by atoms with E-state index in [0.717, 1.165) is 58.5 Å². The molecule has 0 bridgehead atoms. The van der Waals surface area contributed by atoms with E-state index in [1.807, 2.05) is 48.5 Å². The molecule has 2 aromatic carbocycles.